The Bertz CT molecular complexity index is 273. The van der Waals surface area contributed by atoms with Crippen molar-refractivity contribution in [1.29, 1.82) is 0 Å². The van der Waals surface area contributed by atoms with Crippen molar-refractivity contribution in [3.63, 3.8) is 0 Å². The van der Waals surface area contributed by atoms with Gasteiger partial charge < -0.3 is 4.74 Å². The zero-order chi connectivity index (χ0) is 18.0. The van der Waals surface area contributed by atoms with Gasteiger partial charge >= 0.3 is 5.97 Å². The lowest BCUT2D eigenvalue weighted by Gasteiger charge is -2.14. The molecule has 0 rings (SSSR count). The van der Waals surface area contributed by atoms with Gasteiger partial charge in [0.1, 0.15) is 0 Å². The summed E-state index contributed by atoms with van der Waals surface area (Å²) in [6.45, 7) is 8.98. The predicted molar refractivity (Wildman–Crippen MR) is 105 cm³/mol. The van der Waals surface area contributed by atoms with Crippen molar-refractivity contribution in [2.24, 2.45) is 11.8 Å². The molecule has 0 aromatic carbocycles. The van der Waals surface area contributed by atoms with Crippen LogP contribution in [0, 0.1) is 11.8 Å². The molecule has 0 aliphatic heterocycles. The fraction of sp³-hybridized carbons (Fsp3) is 0.955. The molecule has 0 heterocycles. The Morgan fingerprint density at radius 1 is 0.667 bits per heavy atom. The van der Waals surface area contributed by atoms with Gasteiger partial charge in [-0.2, -0.15) is 0 Å². The van der Waals surface area contributed by atoms with Crippen molar-refractivity contribution in [3.05, 3.63) is 0 Å². The molecule has 0 radical (unpaired) electrons. The number of carbonyl (C=O) groups excluding carboxylic acids is 1. The van der Waals surface area contributed by atoms with E-state index in [0.29, 0.717) is 12.5 Å². The van der Waals surface area contributed by atoms with Crippen LogP contribution in [0.1, 0.15) is 118 Å². The highest BCUT2D eigenvalue weighted by atomic mass is 16.5. The van der Waals surface area contributed by atoms with Crippen LogP contribution in [0.4, 0.5) is 0 Å². The standard InChI is InChI=1S/C22H44O2/c1-5-6-7-8-9-10-11-12-13-14-15-16-17-18-19-24-22(23)21(4)20(2)3/h20-21H,5-19H2,1-4H3. The molecule has 0 saturated carbocycles. The summed E-state index contributed by atoms with van der Waals surface area (Å²) in [5.74, 6) is 0.366. The first kappa shape index (κ1) is 23.5. The van der Waals surface area contributed by atoms with Crippen LogP contribution in [0.15, 0.2) is 0 Å². The second kappa shape index (κ2) is 17.3. The van der Waals surface area contributed by atoms with Gasteiger partial charge in [-0.05, 0) is 12.3 Å². The van der Waals surface area contributed by atoms with Gasteiger partial charge in [0.25, 0.3) is 0 Å². The Hall–Kier alpha value is -0.530. The number of esters is 1. The first-order valence-electron chi connectivity index (χ1n) is 10.8. The van der Waals surface area contributed by atoms with E-state index >= 15 is 0 Å². The lowest BCUT2D eigenvalue weighted by molar-refractivity contribution is -0.149. The van der Waals surface area contributed by atoms with E-state index in [9.17, 15) is 4.79 Å². The summed E-state index contributed by atoms with van der Waals surface area (Å²) >= 11 is 0. The van der Waals surface area contributed by atoms with Crippen LogP contribution in [0.5, 0.6) is 0 Å². The van der Waals surface area contributed by atoms with E-state index in [1.807, 2.05) is 6.92 Å². The van der Waals surface area contributed by atoms with Crippen molar-refractivity contribution in [2.45, 2.75) is 118 Å². The van der Waals surface area contributed by atoms with Crippen LogP contribution in [0.25, 0.3) is 0 Å². The van der Waals surface area contributed by atoms with Gasteiger partial charge in [-0.1, -0.05) is 111 Å². The van der Waals surface area contributed by atoms with E-state index in [-0.39, 0.29) is 11.9 Å². The van der Waals surface area contributed by atoms with Gasteiger partial charge in [-0.3, -0.25) is 4.79 Å². The van der Waals surface area contributed by atoms with Crippen LogP contribution in [0.2, 0.25) is 0 Å². The highest BCUT2D eigenvalue weighted by molar-refractivity contribution is 5.72. The maximum absolute atomic E-state index is 11.7. The lowest BCUT2D eigenvalue weighted by atomic mass is 9.99. The van der Waals surface area contributed by atoms with E-state index in [1.54, 1.807) is 0 Å². The molecule has 2 heteroatoms. The first-order valence-corrected chi connectivity index (χ1v) is 10.8. The number of ether oxygens (including phenoxy) is 1. The molecule has 24 heavy (non-hydrogen) atoms. The molecule has 0 N–H and O–H groups in total. The SMILES string of the molecule is CCCCCCCCCCCCCCCCOC(=O)C(C)C(C)C. The van der Waals surface area contributed by atoms with Crippen molar-refractivity contribution >= 4 is 5.97 Å². The van der Waals surface area contributed by atoms with Crippen LogP contribution in [-0.2, 0) is 9.53 Å². The van der Waals surface area contributed by atoms with E-state index in [2.05, 4.69) is 20.8 Å². The van der Waals surface area contributed by atoms with Gasteiger partial charge in [0.05, 0.1) is 12.5 Å². The Kier molecular flexibility index (Phi) is 16.9. The van der Waals surface area contributed by atoms with Gasteiger partial charge in [-0.25, -0.2) is 0 Å². The first-order chi connectivity index (χ1) is 11.6. The predicted octanol–water partition coefficient (Wildman–Crippen LogP) is 7.30. The Morgan fingerprint density at radius 3 is 1.42 bits per heavy atom. The normalized spacial score (nSPS) is 12.5. The van der Waals surface area contributed by atoms with Crippen LogP contribution in [0.3, 0.4) is 0 Å². The molecule has 2 nitrogen and oxygen atoms in total. The molecule has 1 unspecified atom stereocenters. The summed E-state index contributed by atoms with van der Waals surface area (Å²) in [7, 11) is 0. The smallest absolute Gasteiger partial charge is 0.308 e. The van der Waals surface area contributed by atoms with Crippen LogP contribution < -0.4 is 0 Å². The third-order valence-corrected chi connectivity index (χ3v) is 5.11. The summed E-state index contributed by atoms with van der Waals surface area (Å²) in [4.78, 5) is 11.7. The number of carbonyl (C=O) groups is 1. The molecule has 0 fully saturated rings. The maximum Gasteiger partial charge on any atom is 0.308 e. The zero-order valence-electron chi connectivity index (χ0n) is 17.1. The van der Waals surface area contributed by atoms with E-state index < -0.39 is 0 Å². The van der Waals surface area contributed by atoms with Crippen molar-refractivity contribution < 1.29 is 9.53 Å². The molecule has 144 valence electrons. The highest BCUT2D eigenvalue weighted by Gasteiger charge is 2.17. The summed E-state index contributed by atoms with van der Waals surface area (Å²) in [5, 5.41) is 0. The molecule has 0 aliphatic carbocycles. The van der Waals surface area contributed by atoms with Gasteiger partial charge in [0, 0.05) is 0 Å². The number of hydrogen-bond acceptors (Lipinski definition) is 2. The number of hydrogen-bond donors (Lipinski definition) is 0. The Labute approximate surface area is 152 Å². The van der Waals surface area contributed by atoms with Gasteiger partial charge in [-0.15, -0.1) is 0 Å². The minimum Gasteiger partial charge on any atom is -0.465 e. The summed E-state index contributed by atoms with van der Waals surface area (Å²) < 4.78 is 5.33. The van der Waals surface area contributed by atoms with Crippen molar-refractivity contribution in [3.8, 4) is 0 Å². The monoisotopic (exact) mass is 340 g/mol. The number of unbranched alkanes of at least 4 members (excludes halogenated alkanes) is 13. The van der Waals surface area contributed by atoms with Crippen LogP contribution >= 0.6 is 0 Å². The minimum atomic E-state index is -0.0281. The molecule has 0 saturated heterocycles. The quantitative estimate of drug-likeness (QED) is 0.205. The second-order valence-corrected chi connectivity index (χ2v) is 7.80. The highest BCUT2D eigenvalue weighted by Crippen LogP contribution is 2.14. The average molecular weight is 341 g/mol. The molecule has 0 aromatic rings. The van der Waals surface area contributed by atoms with E-state index in [4.69, 9.17) is 4.74 Å². The van der Waals surface area contributed by atoms with Crippen molar-refractivity contribution in [2.75, 3.05) is 6.61 Å². The lowest BCUT2D eigenvalue weighted by Crippen LogP contribution is -2.20. The topological polar surface area (TPSA) is 26.3 Å². The third kappa shape index (κ3) is 15.0. The molecular formula is C22H44O2. The Balaban J connectivity index is 3.17. The molecule has 0 spiro atoms. The van der Waals surface area contributed by atoms with Crippen LogP contribution in [-0.4, -0.2) is 12.6 Å². The zero-order valence-corrected chi connectivity index (χ0v) is 17.1. The molecular weight excluding hydrogens is 296 g/mol. The fourth-order valence-electron chi connectivity index (χ4n) is 2.87. The minimum absolute atomic E-state index is 0.0247. The Morgan fingerprint density at radius 2 is 1.04 bits per heavy atom. The summed E-state index contributed by atoms with van der Waals surface area (Å²) in [5.41, 5.74) is 0. The maximum atomic E-state index is 11.7. The molecule has 1 atom stereocenters. The summed E-state index contributed by atoms with van der Waals surface area (Å²) in [6.07, 6.45) is 19.0. The second-order valence-electron chi connectivity index (χ2n) is 7.80. The molecule has 0 aromatic heterocycles. The molecule has 0 aliphatic rings. The molecule has 0 amide bonds. The van der Waals surface area contributed by atoms with Gasteiger partial charge in [0.2, 0.25) is 0 Å². The molecule has 0 bridgehead atoms. The van der Waals surface area contributed by atoms with E-state index in [0.717, 1.165) is 6.42 Å². The van der Waals surface area contributed by atoms with Gasteiger partial charge in [0.15, 0.2) is 0 Å². The summed E-state index contributed by atoms with van der Waals surface area (Å²) in [6, 6.07) is 0. The van der Waals surface area contributed by atoms with Crippen molar-refractivity contribution in [1.82, 2.24) is 0 Å². The fourth-order valence-corrected chi connectivity index (χ4v) is 2.87. The number of rotatable bonds is 17. The largest absolute Gasteiger partial charge is 0.465 e. The average Bonchev–Trinajstić information content (AvgIpc) is 2.57. The van der Waals surface area contributed by atoms with E-state index in [1.165, 1.54) is 83.5 Å². The third-order valence-electron chi connectivity index (χ3n) is 5.11.